The van der Waals surface area contributed by atoms with Gasteiger partial charge in [-0.05, 0) is 12.8 Å². The van der Waals surface area contributed by atoms with Crippen molar-refractivity contribution in [3.8, 4) is 0 Å². The van der Waals surface area contributed by atoms with Gasteiger partial charge in [0, 0.05) is 7.11 Å². The fraction of sp³-hybridized carbons (Fsp3) is 0.636. The molecule has 0 radical (unpaired) electrons. The molecule has 0 saturated carbocycles. The zero-order chi connectivity index (χ0) is 13.8. The first-order valence-corrected chi connectivity index (χ1v) is 7.31. The Bertz CT molecular complexity index is 471. The van der Waals surface area contributed by atoms with Gasteiger partial charge in [-0.1, -0.05) is 13.8 Å². The Hall–Kier alpha value is -1.21. The van der Waals surface area contributed by atoms with Crippen LogP contribution in [0.3, 0.4) is 0 Å². The van der Waals surface area contributed by atoms with Crippen LogP contribution in [-0.4, -0.2) is 37.4 Å². The van der Waals surface area contributed by atoms with Crippen molar-refractivity contribution in [1.29, 1.82) is 0 Å². The smallest absolute Gasteiger partial charge is 0.236 e. The normalized spacial score (nSPS) is 13.6. The fourth-order valence-electron chi connectivity index (χ4n) is 1.40. The van der Waals surface area contributed by atoms with E-state index < -0.39 is 10.0 Å². The van der Waals surface area contributed by atoms with E-state index >= 15 is 0 Å². The van der Waals surface area contributed by atoms with Crippen LogP contribution in [0.25, 0.3) is 0 Å². The van der Waals surface area contributed by atoms with Crippen molar-refractivity contribution in [2.75, 3.05) is 17.6 Å². The first-order chi connectivity index (χ1) is 8.34. The molecule has 102 valence electrons. The van der Waals surface area contributed by atoms with Crippen LogP contribution in [0, 0.1) is 12.8 Å². The van der Waals surface area contributed by atoms with Gasteiger partial charge < -0.3 is 4.74 Å². The molecule has 6 nitrogen and oxygen atoms in total. The van der Waals surface area contributed by atoms with Crippen molar-refractivity contribution in [3.63, 3.8) is 0 Å². The van der Waals surface area contributed by atoms with Gasteiger partial charge in [-0.15, -0.1) is 0 Å². The summed E-state index contributed by atoms with van der Waals surface area (Å²) in [5.41, 5.74) is 0.731. The van der Waals surface area contributed by atoms with E-state index in [1.54, 1.807) is 6.92 Å². The summed E-state index contributed by atoms with van der Waals surface area (Å²) in [6.45, 7) is 5.61. The van der Waals surface area contributed by atoms with Crippen molar-refractivity contribution >= 4 is 15.8 Å². The summed E-state index contributed by atoms with van der Waals surface area (Å²) in [7, 11) is -1.98. The lowest BCUT2D eigenvalue weighted by Crippen LogP contribution is -2.31. The number of nitrogens with one attached hydrogen (secondary N) is 1. The molecule has 0 aromatic carbocycles. The molecule has 1 rings (SSSR count). The van der Waals surface area contributed by atoms with Crippen molar-refractivity contribution in [2.24, 2.45) is 5.92 Å². The number of hydrogen-bond acceptors (Lipinski definition) is 5. The van der Waals surface area contributed by atoms with Gasteiger partial charge in [-0.25, -0.2) is 13.4 Å². The van der Waals surface area contributed by atoms with Crippen LogP contribution < -0.4 is 4.72 Å². The zero-order valence-electron chi connectivity index (χ0n) is 11.0. The van der Waals surface area contributed by atoms with Gasteiger partial charge >= 0.3 is 0 Å². The molecule has 1 unspecified atom stereocenters. The zero-order valence-corrected chi connectivity index (χ0v) is 11.9. The highest BCUT2D eigenvalue weighted by atomic mass is 32.2. The predicted octanol–water partition coefficient (Wildman–Crippen LogP) is 1.20. The van der Waals surface area contributed by atoms with Crippen molar-refractivity contribution in [2.45, 2.75) is 26.9 Å². The number of methoxy groups -OCH3 is 1. The van der Waals surface area contributed by atoms with E-state index in [0.717, 1.165) is 5.69 Å². The molecule has 1 atom stereocenters. The highest BCUT2D eigenvalue weighted by Gasteiger charge is 2.22. The summed E-state index contributed by atoms with van der Waals surface area (Å²) in [5, 5.41) is 0. The van der Waals surface area contributed by atoms with E-state index in [2.05, 4.69) is 14.7 Å². The van der Waals surface area contributed by atoms with Crippen molar-refractivity contribution in [1.82, 2.24) is 9.97 Å². The van der Waals surface area contributed by atoms with Gasteiger partial charge in [0.1, 0.15) is 0 Å². The van der Waals surface area contributed by atoms with E-state index in [4.69, 9.17) is 4.74 Å². The van der Waals surface area contributed by atoms with Gasteiger partial charge in [-0.2, -0.15) is 0 Å². The number of anilines is 1. The molecule has 1 aromatic rings. The molecule has 0 aliphatic rings. The molecule has 18 heavy (non-hydrogen) atoms. The molecule has 1 heterocycles. The van der Waals surface area contributed by atoms with Gasteiger partial charge in [0.25, 0.3) is 0 Å². The number of aryl methyl sites for hydroxylation is 1. The van der Waals surface area contributed by atoms with Crippen LogP contribution in [0.4, 0.5) is 5.82 Å². The minimum absolute atomic E-state index is 0.100. The second-order valence-electron chi connectivity index (χ2n) is 4.44. The molecule has 0 amide bonds. The predicted molar refractivity (Wildman–Crippen MR) is 69.8 cm³/mol. The van der Waals surface area contributed by atoms with Crippen LogP contribution in [0.15, 0.2) is 12.4 Å². The van der Waals surface area contributed by atoms with Gasteiger partial charge in [0.15, 0.2) is 5.82 Å². The number of aromatic nitrogens is 2. The molecule has 1 N–H and O–H groups in total. The topological polar surface area (TPSA) is 81.2 Å². The lowest BCUT2D eigenvalue weighted by Gasteiger charge is -2.19. The standard InChI is InChI=1S/C11H19N3O3S/c1-8(2)10(17-4)7-18(15,16)14-11-6-12-9(3)5-13-11/h5-6,8,10H,7H2,1-4H3,(H,13,14). The Labute approximate surface area is 108 Å². The van der Waals surface area contributed by atoms with E-state index in [1.807, 2.05) is 13.8 Å². The summed E-state index contributed by atoms with van der Waals surface area (Å²) in [6.07, 6.45) is 2.55. The molecule has 1 aromatic heterocycles. The highest BCUT2D eigenvalue weighted by Crippen LogP contribution is 2.11. The Morgan fingerprint density at radius 3 is 2.44 bits per heavy atom. The van der Waals surface area contributed by atoms with Gasteiger partial charge in [0.2, 0.25) is 10.0 Å². The summed E-state index contributed by atoms with van der Waals surface area (Å²) in [4.78, 5) is 7.92. The number of nitrogens with zero attached hydrogens (tertiary/aromatic N) is 2. The first-order valence-electron chi connectivity index (χ1n) is 5.66. The largest absolute Gasteiger partial charge is 0.380 e. The molecular formula is C11H19N3O3S. The molecule has 0 aliphatic heterocycles. The average Bonchev–Trinajstić information content (AvgIpc) is 2.28. The average molecular weight is 273 g/mol. The van der Waals surface area contributed by atoms with Crippen LogP contribution >= 0.6 is 0 Å². The number of hydrogen-bond donors (Lipinski definition) is 1. The summed E-state index contributed by atoms with van der Waals surface area (Å²) < 4.78 is 31.3. The Morgan fingerprint density at radius 1 is 1.33 bits per heavy atom. The van der Waals surface area contributed by atoms with E-state index in [-0.39, 0.29) is 23.6 Å². The minimum Gasteiger partial charge on any atom is -0.380 e. The van der Waals surface area contributed by atoms with Crippen LogP contribution in [0.5, 0.6) is 0 Å². The fourth-order valence-corrected chi connectivity index (χ4v) is 2.86. The highest BCUT2D eigenvalue weighted by molar-refractivity contribution is 7.92. The molecule has 0 spiro atoms. The molecule has 0 bridgehead atoms. The third-order valence-corrected chi connectivity index (χ3v) is 3.76. The Kier molecular flexibility index (Phi) is 5.03. The monoisotopic (exact) mass is 273 g/mol. The van der Waals surface area contributed by atoms with Crippen molar-refractivity contribution < 1.29 is 13.2 Å². The van der Waals surface area contributed by atoms with E-state index in [0.29, 0.717) is 0 Å². The lowest BCUT2D eigenvalue weighted by atomic mass is 10.1. The number of ether oxygens (including phenoxy) is 1. The second kappa shape index (κ2) is 6.10. The maximum Gasteiger partial charge on any atom is 0.236 e. The third kappa shape index (κ3) is 4.58. The molecule has 0 fully saturated rings. The van der Waals surface area contributed by atoms with Crippen LogP contribution in [-0.2, 0) is 14.8 Å². The summed E-state index contributed by atoms with van der Waals surface area (Å²) in [6, 6.07) is 0. The molecule has 0 saturated heterocycles. The Morgan fingerprint density at radius 2 is 2.00 bits per heavy atom. The molecule has 0 aliphatic carbocycles. The van der Waals surface area contributed by atoms with Crippen LogP contribution in [0.1, 0.15) is 19.5 Å². The summed E-state index contributed by atoms with van der Waals surface area (Å²) in [5.74, 6) is 0.242. The number of sulfonamides is 1. The molecular weight excluding hydrogens is 254 g/mol. The number of rotatable bonds is 6. The quantitative estimate of drug-likeness (QED) is 0.842. The maximum atomic E-state index is 11.9. The summed E-state index contributed by atoms with van der Waals surface area (Å²) >= 11 is 0. The second-order valence-corrected chi connectivity index (χ2v) is 6.21. The first kappa shape index (κ1) is 14.8. The van der Waals surface area contributed by atoms with Gasteiger partial charge in [0.05, 0.1) is 29.9 Å². The minimum atomic E-state index is -3.48. The lowest BCUT2D eigenvalue weighted by molar-refractivity contribution is 0.0829. The molecule has 7 heteroatoms. The Balaban J connectivity index is 2.73. The van der Waals surface area contributed by atoms with Crippen LogP contribution in [0.2, 0.25) is 0 Å². The third-order valence-electron chi connectivity index (χ3n) is 2.47. The SMILES string of the molecule is COC(CS(=O)(=O)Nc1cnc(C)cn1)C(C)C. The van der Waals surface area contributed by atoms with E-state index in [9.17, 15) is 8.42 Å². The van der Waals surface area contributed by atoms with Crippen molar-refractivity contribution in [3.05, 3.63) is 18.1 Å². The van der Waals surface area contributed by atoms with E-state index in [1.165, 1.54) is 19.5 Å². The maximum absolute atomic E-state index is 11.9. The van der Waals surface area contributed by atoms with Gasteiger partial charge in [-0.3, -0.25) is 9.71 Å².